The second-order valence-electron chi connectivity index (χ2n) is 4.61. The van der Waals surface area contributed by atoms with Gasteiger partial charge in [-0.3, -0.25) is 10.2 Å². The first kappa shape index (κ1) is 11.3. The van der Waals surface area contributed by atoms with Gasteiger partial charge in [-0.25, -0.2) is 5.01 Å². The molecule has 0 radical (unpaired) electrons. The molecule has 6 nitrogen and oxygen atoms in total. The highest BCUT2D eigenvalue weighted by Gasteiger charge is 2.18. The number of furan rings is 1. The molecule has 0 aromatic carbocycles. The Kier molecular flexibility index (Phi) is 2.81. The van der Waals surface area contributed by atoms with E-state index < -0.39 is 0 Å². The Morgan fingerprint density at radius 3 is 2.89 bits per heavy atom. The van der Waals surface area contributed by atoms with Gasteiger partial charge in [-0.15, -0.1) is 0 Å². The number of nitrogens with one attached hydrogen (secondary N) is 2. The van der Waals surface area contributed by atoms with E-state index in [1.807, 2.05) is 11.1 Å². The molecule has 1 saturated heterocycles. The van der Waals surface area contributed by atoms with Crippen molar-refractivity contribution in [1.82, 2.24) is 20.3 Å². The van der Waals surface area contributed by atoms with Crippen LogP contribution in [-0.4, -0.2) is 54.0 Å². The molecule has 1 amide bonds. The number of likely N-dealkylation sites (N-methyl/N-ethyl adjacent to an activating group) is 1. The van der Waals surface area contributed by atoms with Gasteiger partial charge in [0, 0.05) is 38.3 Å². The number of aromatic nitrogens is 1. The van der Waals surface area contributed by atoms with Gasteiger partial charge in [-0.1, -0.05) is 0 Å². The van der Waals surface area contributed by atoms with Crippen LogP contribution in [0.25, 0.3) is 11.1 Å². The molecule has 96 valence electrons. The molecule has 2 aromatic heterocycles. The third-order valence-electron chi connectivity index (χ3n) is 3.25. The lowest BCUT2D eigenvalue weighted by Gasteiger charge is -2.32. The minimum Gasteiger partial charge on any atom is -0.463 e. The normalized spacial score (nSPS) is 18.3. The van der Waals surface area contributed by atoms with Gasteiger partial charge in [-0.2, -0.15) is 0 Å². The lowest BCUT2D eigenvalue weighted by molar-refractivity contribution is 0.0658. The predicted molar refractivity (Wildman–Crippen MR) is 67.1 cm³/mol. The van der Waals surface area contributed by atoms with Gasteiger partial charge >= 0.3 is 0 Å². The number of H-pyrrole nitrogens is 1. The Balaban J connectivity index is 1.66. The van der Waals surface area contributed by atoms with E-state index in [1.165, 1.54) is 0 Å². The smallest absolute Gasteiger partial charge is 0.282 e. The first-order valence-electron chi connectivity index (χ1n) is 6.03. The number of amides is 1. The van der Waals surface area contributed by atoms with E-state index in [1.54, 1.807) is 12.3 Å². The molecule has 1 aliphatic heterocycles. The SMILES string of the molecule is CN1CCN(NC(=O)c2cc3occc3[nH]2)CC1. The quantitative estimate of drug-likeness (QED) is 0.819. The number of nitrogens with zero attached hydrogens (tertiary/aromatic N) is 2. The van der Waals surface area contributed by atoms with Gasteiger partial charge in [0.2, 0.25) is 0 Å². The first-order chi connectivity index (χ1) is 8.72. The average Bonchev–Trinajstić information content (AvgIpc) is 2.92. The van der Waals surface area contributed by atoms with Crippen LogP contribution in [-0.2, 0) is 0 Å². The summed E-state index contributed by atoms with van der Waals surface area (Å²) in [5.74, 6) is -0.119. The summed E-state index contributed by atoms with van der Waals surface area (Å²) in [6.07, 6.45) is 1.60. The highest BCUT2D eigenvalue weighted by atomic mass is 16.3. The highest BCUT2D eigenvalue weighted by Crippen LogP contribution is 2.15. The molecular formula is C12H16N4O2. The molecular weight excluding hydrogens is 232 g/mol. The molecule has 6 heteroatoms. The van der Waals surface area contributed by atoms with Crippen LogP contribution in [0.5, 0.6) is 0 Å². The molecule has 0 spiro atoms. The second kappa shape index (κ2) is 4.47. The molecule has 3 heterocycles. The number of rotatable bonds is 2. The van der Waals surface area contributed by atoms with Crippen LogP contribution >= 0.6 is 0 Å². The van der Waals surface area contributed by atoms with E-state index in [0.717, 1.165) is 31.7 Å². The molecule has 0 atom stereocenters. The van der Waals surface area contributed by atoms with Crippen molar-refractivity contribution < 1.29 is 9.21 Å². The first-order valence-corrected chi connectivity index (χ1v) is 6.03. The standard InChI is InChI=1S/C12H16N4O2/c1-15-3-5-16(6-4-15)14-12(17)10-8-11-9(13-10)2-7-18-11/h2,7-8,13H,3-6H2,1H3,(H,14,17). The van der Waals surface area contributed by atoms with Crippen molar-refractivity contribution >= 4 is 17.0 Å². The maximum Gasteiger partial charge on any atom is 0.282 e. The van der Waals surface area contributed by atoms with E-state index in [2.05, 4.69) is 22.4 Å². The fraction of sp³-hybridized carbons (Fsp3) is 0.417. The van der Waals surface area contributed by atoms with Crippen molar-refractivity contribution in [2.24, 2.45) is 0 Å². The molecule has 0 bridgehead atoms. The minimum atomic E-state index is -0.119. The van der Waals surface area contributed by atoms with Crippen molar-refractivity contribution in [3.63, 3.8) is 0 Å². The second-order valence-corrected chi connectivity index (χ2v) is 4.61. The number of aromatic amines is 1. The van der Waals surface area contributed by atoms with E-state index in [4.69, 9.17) is 4.42 Å². The Morgan fingerprint density at radius 1 is 1.39 bits per heavy atom. The number of hydrogen-bond acceptors (Lipinski definition) is 4. The molecule has 0 aliphatic carbocycles. The summed E-state index contributed by atoms with van der Waals surface area (Å²) >= 11 is 0. The zero-order valence-electron chi connectivity index (χ0n) is 10.3. The van der Waals surface area contributed by atoms with Crippen molar-refractivity contribution in [2.45, 2.75) is 0 Å². The van der Waals surface area contributed by atoms with Crippen molar-refractivity contribution in [1.29, 1.82) is 0 Å². The van der Waals surface area contributed by atoms with Crippen molar-refractivity contribution in [3.8, 4) is 0 Å². The van der Waals surface area contributed by atoms with Crippen molar-refractivity contribution in [3.05, 3.63) is 24.1 Å². The predicted octanol–water partition coefficient (Wildman–Crippen LogP) is 0.653. The lowest BCUT2D eigenvalue weighted by atomic mass is 10.4. The molecule has 2 aromatic rings. The van der Waals surface area contributed by atoms with Gasteiger partial charge in [-0.05, 0) is 7.05 Å². The summed E-state index contributed by atoms with van der Waals surface area (Å²) in [6, 6.07) is 3.53. The van der Waals surface area contributed by atoms with Crippen LogP contribution in [0.15, 0.2) is 22.8 Å². The highest BCUT2D eigenvalue weighted by molar-refractivity contribution is 5.96. The van der Waals surface area contributed by atoms with Gasteiger partial charge in [0.1, 0.15) is 5.69 Å². The van der Waals surface area contributed by atoms with Crippen LogP contribution in [0.4, 0.5) is 0 Å². The maximum absolute atomic E-state index is 12.0. The average molecular weight is 248 g/mol. The molecule has 0 saturated carbocycles. The number of hydrogen-bond donors (Lipinski definition) is 2. The minimum absolute atomic E-state index is 0.119. The summed E-state index contributed by atoms with van der Waals surface area (Å²) in [5.41, 5.74) is 4.98. The summed E-state index contributed by atoms with van der Waals surface area (Å²) in [4.78, 5) is 17.3. The Morgan fingerprint density at radius 2 is 2.17 bits per heavy atom. The fourth-order valence-electron chi connectivity index (χ4n) is 2.09. The van der Waals surface area contributed by atoms with Gasteiger partial charge in [0.15, 0.2) is 5.58 Å². The van der Waals surface area contributed by atoms with Crippen LogP contribution in [0.3, 0.4) is 0 Å². The Bertz CT molecular complexity index is 523. The monoisotopic (exact) mass is 248 g/mol. The maximum atomic E-state index is 12.0. The number of hydrazine groups is 1. The zero-order valence-corrected chi connectivity index (χ0v) is 10.3. The number of carbonyl (C=O) groups excluding carboxylic acids is 1. The zero-order chi connectivity index (χ0) is 12.5. The van der Waals surface area contributed by atoms with Crippen molar-refractivity contribution in [2.75, 3.05) is 33.2 Å². The largest absolute Gasteiger partial charge is 0.463 e. The molecule has 0 unspecified atom stereocenters. The molecule has 3 rings (SSSR count). The van der Waals surface area contributed by atoms with E-state index in [-0.39, 0.29) is 5.91 Å². The van der Waals surface area contributed by atoms with E-state index in [0.29, 0.717) is 11.3 Å². The third-order valence-corrected chi connectivity index (χ3v) is 3.25. The number of fused-ring (bicyclic) bond motifs is 1. The summed E-state index contributed by atoms with van der Waals surface area (Å²) in [5, 5.41) is 1.95. The summed E-state index contributed by atoms with van der Waals surface area (Å²) in [6.45, 7) is 3.62. The van der Waals surface area contributed by atoms with Crippen LogP contribution in [0, 0.1) is 0 Å². The molecule has 2 N–H and O–H groups in total. The lowest BCUT2D eigenvalue weighted by Crippen LogP contribution is -2.52. The number of piperazine rings is 1. The van der Waals surface area contributed by atoms with Gasteiger partial charge < -0.3 is 14.3 Å². The molecule has 1 aliphatic rings. The molecule has 1 fully saturated rings. The van der Waals surface area contributed by atoms with E-state index >= 15 is 0 Å². The van der Waals surface area contributed by atoms with Crippen LogP contribution in [0.2, 0.25) is 0 Å². The summed E-state index contributed by atoms with van der Waals surface area (Å²) in [7, 11) is 2.08. The third kappa shape index (κ3) is 2.12. The topological polar surface area (TPSA) is 64.5 Å². The van der Waals surface area contributed by atoms with Crippen LogP contribution in [0.1, 0.15) is 10.5 Å². The molecule has 18 heavy (non-hydrogen) atoms. The van der Waals surface area contributed by atoms with Gasteiger partial charge in [0.05, 0.1) is 11.8 Å². The Hall–Kier alpha value is -1.79. The number of carbonyl (C=O) groups is 1. The van der Waals surface area contributed by atoms with E-state index in [9.17, 15) is 4.79 Å². The van der Waals surface area contributed by atoms with Crippen LogP contribution < -0.4 is 5.43 Å². The summed E-state index contributed by atoms with van der Waals surface area (Å²) < 4.78 is 5.22. The van der Waals surface area contributed by atoms with Gasteiger partial charge in [0.25, 0.3) is 5.91 Å². The Labute approximate surface area is 105 Å². The fourth-order valence-corrected chi connectivity index (χ4v) is 2.09.